The lowest BCUT2D eigenvalue weighted by atomic mass is 9.86. The van der Waals surface area contributed by atoms with Crippen molar-refractivity contribution in [3.05, 3.63) is 0 Å². The van der Waals surface area contributed by atoms with E-state index in [1.807, 2.05) is 6.26 Å². The van der Waals surface area contributed by atoms with Crippen LogP contribution in [0.15, 0.2) is 0 Å². The summed E-state index contributed by atoms with van der Waals surface area (Å²) < 4.78 is 6.42. The first kappa shape index (κ1) is 10.3. The third-order valence-corrected chi connectivity index (χ3v) is 3.41. The molecule has 1 rings (SSSR count). The van der Waals surface area contributed by atoms with Gasteiger partial charge < -0.3 is 4.74 Å². The molecule has 0 N–H and O–H groups in total. The van der Waals surface area contributed by atoms with Crippen molar-refractivity contribution >= 4 is 28.4 Å². The maximum atomic E-state index is 5.72. The highest BCUT2D eigenvalue weighted by Crippen LogP contribution is 2.32. The zero-order valence-electron chi connectivity index (χ0n) is 7.76. The summed E-state index contributed by atoms with van der Waals surface area (Å²) in [6.07, 6.45) is 8.21. The van der Waals surface area contributed by atoms with Crippen molar-refractivity contribution in [1.29, 1.82) is 0 Å². The lowest BCUT2D eigenvalue weighted by molar-refractivity contribution is 0.0443. The molecule has 0 radical (unpaired) electrons. The Labute approximate surface area is 84.2 Å². The number of hydrogen-bond acceptors (Lipinski definition) is 3. The minimum atomic E-state index is 0.0400. The van der Waals surface area contributed by atoms with Gasteiger partial charge in [0.05, 0.1) is 0 Å². The molecule has 0 aromatic rings. The van der Waals surface area contributed by atoms with Gasteiger partial charge in [0.15, 0.2) is 0 Å². The van der Waals surface area contributed by atoms with Crippen LogP contribution in [-0.2, 0) is 4.74 Å². The van der Waals surface area contributed by atoms with Gasteiger partial charge in [-0.05, 0) is 51.1 Å². The van der Waals surface area contributed by atoms with Crippen LogP contribution in [0.25, 0.3) is 0 Å². The zero-order chi connectivity index (χ0) is 9.03. The molecule has 1 aliphatic carbocycles. The minimum Gasteiger partial charge on any atom is -0.472 e. The van der Waals surface area contributed by atoms with E-state index in [0.717, 1.165) is 12.8 Å². The van der Waals surface area contributed by atoms with Gasteiger partial charge in [0.2, 0.25) is 4.38 Å². The van der Waals surface area contributed by atoms with E-state index >= 15 is 0 Å². The van der Waals surface area contributed by atoms with Crippen LogP contribution in [-0.4, -0.2) is 16.2 Å². The third-order valence-electron chi connectivity index (χ3n) is 2.41. The second-order valence-corrected chi connectivity index (χ2v) is 4.98. The molecule has 3 heteroatoms. The molecule has 0 spiro atoms. The monoisotopic (exact) mass is 204 g/mol. The van der Waals surface area contributed by atoms with Crippen LogP contribution in [0, 0.1) is 0 Å². The standard InChI is InChI=1S/C9H16OS2/c1-9(10-8(11)12-2)6-4-3-5-7-9/h3-7H2,1-2H3. The van der Waals surface area contributed by atoms with Gasteiger partial charge in [0.25, 0.3) is 0 Å². The quantitative estimate of drug-likeness (QED) is 0.606. The van der Waals surface area contributed by atoms with Crippen LogP contribution < -0.4 is 0 Å². The second kappa shape index (κ2) is 4.47. The average Bonchev–Trinajstić information content (AvgIpc) is 2.05. The Kier molecular flexibility index (Phi) is 3.84. The number of thioether (sulfide) groups is 1. The molecular formula is C9H16OS2. The fraction of sp³-hybridized carbons (Fsp3) is 0.889. The van der Waals surface area contributed by atoms with E-state index in [4.69, 9.17) is 17.0 Å². The summed E-state index contributed by atoms with van der Waals surface area (Å²) in [5.41, 5.74) is 0.0400. The molecule has 1 fully saturated rings. The van der Waals surface area contributed by atoms with Gasteiger partial charge in [0, 0.05) is 0 Å². The molecule has 0 amide bonds. The molecule has 1 aliphatic rings. The fourth-order valence-electron chi connectivity index (χ4n) is 1.64. The van der Waals surface area contributed by atoms with E-state index in [9.17, 15) is 0 Å². The van der Waals surface area contributed by atoms with Gasteiger partial charge in [-0.25, -0.2) is 0 Å². The smallest absolute Gasteiger partial charge is 0.220 e. The number of ether oxygens (including phenoxy) is 1. The Balaban J connectivity index is 2.41. The summed E-state index contributed by atoms with van der Waals surface area (Å²) in [6, 6.07) is 0. The van der Waals surface area contributed by atoms with Crippen LogP contribution in [0.5, 0.6) is 0 Å². The number of rotatable bonds is 1. The Morgan fingerprint density at radius 2 is 1.92 bits per heavy atom. The molecule has 1 saturated carbocycles. The van der Waals surface area contributed by atoms with Gasteiger partial charge in [0.1, 0.15) is 5.60 Å². The van der Waals surface area contributed by atoms with Crippen LogP contribution in [0.3, 0.4) is 0 Å². The van der Waals surface area contributed by atoms with Gasteiger partial charge in [-0.15, -0.1) is 0 Å². The first-order valence-corrected chi connectivity index (χ1v) is 6.06. The molecule has 0 aromatic carbocycles. The van der Waals surface area contributed by atoms with Crippen molar-refractivity contribution < 1.29 is 4.74 Å². The SMILES string of the molecule is CSC(=S)OC1(C)CCCCC1. The minimum absolute atomic E-state index is 0.0400. The number of hydrogen-bond donors (Lipinski definition) is 0. The van der Waals surface area contributed by atoms with Crippen molar-refractivity contribution in [2.45, 2.75) is 44.6 Å². The summed E-state index contributed by atoms with van der Waals surface area (Å²) in [4.78, 5) is 0. The molecule has 0 aromatic heterocycles. The third kappa shape index (κ3) is 2.94. The highest BCUT2D eigenvalue weighted by atomic mass is 32.2. The van der Waals surface area contributed by atoms with Gasteiger partial charge in [-0.2, -0.15) is 0 Å². The largest absolute Gasteiger partial charge is 0.472 e. The zero-order valence-corrected chi connectivity index (χ0v) is 9.39. The van der Waals surface area contributed by atoms with Crippen LogP contribution in [0.4, 0.5) is 0 Å². The predicted molar refractivity (Wildman–Crippen MR) is 58.7 cm³/mol. The van der Waals surface area contributed by atoms with E-state index in [1.165, 1.54) is 31.0 Å². The van der Waals surface area contributed by atoms with Crippen LogP contribution >= 0.6 is 24.0 Å². The summed E-state index contributed by atoms with van der Waals surface area (Å²) in [5.74, 6) is 0. The molecule has 0 atom stereocenters. The molecule has 0 heterocycles. The van der Waals surface area contributed by atoms with Crippen LogP contribution in [0.2, 0.25) is 0 Å². The van der Waals surface area contributed by atoms with Gasteiger partial charge >= 0.3 is 0 Å². The normalized spacial score (nSPS) is 21.8. The lowest BCUT2D eigenvalue weighted by Crippen LogP contribution is -2.32. The maximum absolute atomic E-state index is 5.72. The topological polar surface area (TPSA) is 9.23 Å². The van der Waals surface area contributed by atoms with Gasteiger partial charge in [-0.3, -0.25) is 0 Å². The molecule has 0 unspecified atom stereocenters. The fourth-order valence-corrected chi connectivity index (χ4v) is 2.13. The summed E-state index contributed by atoms with van der Waals surface area (Å²) in [7, 11) is 0. The first-order valence-electron chi connectivity index (χ1n) is 4.43. The molecule has 12 heavy (non-hydrogen) atoms. The Bertz CT molecular complexity index is 162. The van der Waals surface area contributed by atoms with E-state index in [2.05, 4.69) is 6.92 Å². The summed E-state index contributed by atoms with van der Waals surface area (Å²) >= 11 is 6.57. The lowest BCUT2D eigenvalue weighted by Gasteiger charge is -2.33. The highest BCUT2D eigenvalue weighted by Gasteiger charge is 2.29. The predicted octanol–water partition coefficient (Wildman–Crippen LogP) is 3.37. The molecule has 1 nitrogen and oxygen atoms in total. The second-order valence-electron chi connectivity index (χ2n) is 3.57. The summed E-state index contributed by atoms with van der Waals surface area (Å²) in [6.45, 7) is 2.18. The maximum Gasteiger partial charge on any atom is 0.220 e. The van der Waals surface area contributed by atoms with Gasteiger partial charge in [-0.1, -0.05) is 18.2 Å². The van der Waals surface area contributed by atoms with Crippen molar-refractivity contribution in [3.8, 4) is 0 Å². The van der Waals surface area contributed by atoms with E-state index in [1.54, 1.807) is 0 Å². The Hall–Kier alpha value is 0.240. The van der Waals surface area contributed by atoms with E-state index < -0.39 is 0 Å². The number of thiocarbonyl (C=S) groups is 1. The Morgan fingerprint density at radius 3 is 2.42 bits per heavy atom. The summed E-state index contributed by atoms with van der Waals surface area (Å²) in [5, 5.41) is 0. The van der Waals surface area contributed by atoms with Crippen molar-refractivity contribution in [2.24, 2.45) is 0 Å². The molecular weight excluding hydrogens is 188 g/mol. The average molecular weight is 204 g/mol. The molecule has 70 valence electrons. The Morgan fingerprint density at radius 1 is 1.33 bits per heavy atom. The molecule has 0 saturated heterocycles. The van der Waals surface area contributed by atoms with E-state index in [-0.39, 0.29) is 5.60 Å². The van der Waals surface area contributed by atoms with Crippen LogP contribution in [0.1, 0.15) is 39.0 Å². The van der Waals surface area contributed by atoms with E-state index in [0.29, 0.717) is 4.38 Å². The first-order chi connectivity index (χ1) is 5.66. The highest BCUT2D eigenvalue weighted by molar-refractivity contribution is 8.22. The van der Waals surface area contributed by atoms with Crippen molar-refractivity contribution in [1.82, 2.24) is 0 Å². The molecule has 0 bridgehead atoms. The van der Waals surface area contributed by atoms with Crippen molar-refractivity contribution in [2.75, 3.05) is 6.26 Å². The molecule has 0 aliphatic heterocycles. The van der Waals surface area contributed by atoms with Crippen molar-refractivity contribution in [3.63, 3.8) is 0 Å².